The van der Waals surface area contributed by atoms with Crippen molar-refractivity contribution in [2.24, 2.45) is 10.7 Å². The second-order valence-corrected chi connectivity index (χ2v) is 4.58. The number of nitrogens with one attached hydrogen (secondary N) is 1. The maximum absolute atomic E-state index is 5.90. The van der Waals surface area contributed by atoms with E-state index in [2.05, 4.69) is 10.3 Å². The first kappa shape index (κ1) is 14.8. The molecule has 1 atom stereocenters. The molecule has 4 nitrogen and oxygen atoms in total. The van der Waals surface area contributed by atoms with Gasteiger partial charge in [0.1, 0.15) is 0 Å². The molecule has 0 bridgehead atoms. The predicted molar refractivity (Wildman–Crippen MR) is 76.1 cm³/mol. The minimum absolute atomic E-state index is 0.157. The number of guanidine groups is 1. The van der Waals surface area contributed by atoms with Crippen molar-refractivity contribution >= 4 is 17.6 Å². The Labute approximate surface area is 113 Å². The van der Waals surface area contributed by atoms with E-state index in [4.69, 9.17) is 22.1 Å². The molecule has 5 heteroatoms. The normalized spacial score (nSPS) is 13.4. The van der Waals surface area contributed by atoms with Crippen molar-refractivity contribution < 1.29 is 4.74 Å². The van der Waals surface area contributed by atoms with Gasteiger partial charge in [-0.25, -0.2) is 0 Å². The van der Waals surface area contributed by atoms with Crippen molar-refractivity contribution in [1.29, 1.82) is 0 Å². The molecule has 1 aromatic rings. The topological polar surface area (TPSA) is 59.6 Å². The van der Waals surface area contributed by atoms with Crippen LogP contribution in [0.15, 0.2) is 29.3 Å². The fraction of sp³-hybridized carbons (Fsp3) is 0.462. The number of methoxy groups -OCH3 is 1. The van der Waals surface area contributed by atoms with E-state index in [0.29, 0.717) is 19.1 Å². The lowest BCUT2D eigenvalue weighted by molar-refractivity contribution is 0.179. The van der Waals surface area contributed by atoms with E-state index in [-0.39, 0.29) is 6.04 Å². The van der Waals surface area contributed by atoms with Gasteiger partial charge >= 0.3 is 0 Å². The highest BCUT2D eigenvalue weighted by atomic mass is 35.5. The summed E-state index contributed by atoms with van der Waals surface area (Å²) in [6.07, 6.45) is 0.821. The van der Waals surface area contributed by atoms with Crippen LogP contribution in [0.2, 0.25) is 5.02 Å². The monoisotopic (exact) mass is 269 g/mol. The zero-order valence-corrected chi connectivity index (χ0v) is 11.6. The molecule has 1 rings (SSSR count). The molecule has 0 heterocycles. The number of hydrogen-bond donors (Lipinski definition) is 2. The summed E-state index contributed by atoms with van der Waals surface area (Å²) in [6.45, 7) is 3.23. The van der Waals surface area contributed by atoms with Crippen LogP contribution in [0.4, 0.5) is 0 Å². The van der Waals surface area contributed by atoms with Crippen LogP contribution in [-0.2, 0) is 11.2 Å². The quantitative estimate of drug-likeness (QED) is 0.612. The minimum Gasteiger partial charge on any atom is -0.383 e. The molecular formula is C13H20ClN3O. The van der Waals surface area contributed by atoms with Gasteiger partial charge in [-0.2, -0.15) is 0 Å². The maximum atomic E-state index is 5.90. The van der Waals surface area contributed by atoms with Crippen LogP contribution in [-0.4, -0.2) is 32.3 Å². The van der Waals surface area contributed by atoms with E-state index in [0.717, 1.165) is 17.0 Å². The molecule has 0 saturated heterocycles. The summed E-state index contributed by atoms with van der Waals surface area (Å²) < 4.78 is 5.00. The molecular weight excluding hydrogens is 250 g/mol. The van der Waals surface area contributed by atoms with E-state index in [1.807, 2.05) is 31.2 Å². The van der Waals surface area contributed by atoms with Gasteiger partial charge in [-0.15, -0.1) is 0 Å². The lowest BCUT2D eigenvalue weighted by atomic mass is 10.1. The molecule has 3 N–H and O–H groups in total. The number of aliphatic imine (C=N–C) groups is 1. The van der Waals surface area contributed by atoms with Crippen molar-refractivity contribution in [3.63, 3.8) is 0 Å². The van der Waals surface area contributed by atoms with Crippen LogP contribution in [0.3, 0.4) is 0 Å². The predicted octanol–water partition coefficient (Wildman–Crippen LogP) is 1.82. The Kier molecular flexibility index (Phi) is 6.54. The van der Waals surface area contributed by atoms with Crippen molar-refractivity contribution in [1.82, 2.24) is 5.32 Å². The lowest BCUT2D eigenvalue weighted by Gasteiger charge is -2.12. The Balaban J connectivity index is 2.35. The third-order valence-electron chi connectivity index (χ3n) is 2.38. The van der Waals surface area contributed by atoms with Crippen LogP contribution in [0, 0.1) is 0 Å². The second-order valence-electron chi connectivity index (χ2n) is 4.15. The summed E-state index contributed by atoms with van der Waals surface area (Å²) in [5.74, 6) is 0.446. The average Bonchev–Trinajstić information content (AvgIpc) is 2.29. The Bertz CT molecular complexity index is 396. The summed E-state index contributed by atoms with van der Waals surface area (Å²) in [5.41, 5.74) is 6.91. The molecule has 0 spiro atoms. The smallest absolute Gasteiger partial charge is 0.188 e. The highest BCUT2D eigenvalue weighted by molar-refractivity contribution is 6.30. The van der Waals surface area contributed by atoms with E-state index >= 15 is 0 Å². The number of nitrogens with zero attached hydrogens (tertiary/aromatic N) is 1. The Morgan fingerprint density at radius 2 is 2.33 bits per heavy atom. The summed E-state index contributed by atoms with van der Waals surface area (Å²) >= 11 is 5.90. The van der Waals surface area contributed by atoms with E-state index in [9.17, 15) is 0 Å². The number of hydrogen-bond acceptors (Lipinski definition) is 2. The van der Waals surface area contributed by atoms with Crippen molar-refractivity contribution in [3.8, 4) is 0 Å². The molecule has 18 heavy (non-hydrogen) atoms. The summed E-state index contributed by atoms with van der Waals surface area (Å²) in [5, 5.41) is 3.80. The highest BCUT2D eigenvalue weighted by Crippen LogP contribution is 2.10. The number of nitrogens with two attached hydrogens (primary N) is 1. The van der Waals surface area contributed by atoms with Gasteiger partial charge in [0.15, 0.2) is 5.96 Å². The molecule has 0 aliphatic carbocycles. The summed E-state index contributed by atoms with van der Waals surface area (Å²) in [4.78, 5) is 4.26. The van der Waals surface area contributed by atoms with Crippen molar-refractivity contribution in [2.45, 2.75) is 19.4 Å². The van der Waals surface area contributed by atoms with Crippen molar-refractivity contribution in [3.05, 3.63) is 34.9 Å². The van der Waals surface area contributed by atoms with Gasteiger partial charge in [0.2, 0.25) is 0 Å². The van der Waals surface area contributed by atoms with Gasteiger partial charge in [0.05, 0.1) is 6.61 Å². The zero-order chi connectivity index (χ0) is 13.4. The molecule has 1 aromatic carbocycles. The molecule has 1 unspecified atom stereocenters. The third-order valence-corrected chi connectivity index (χ3v) is 2.62. The number of halogens is 1. The van der Waals surface area contributed by atoms with Crippen LogP contribution in [0.1, 0.15) is 12.5 Å². The molecule has 0 aromatic heterocycles. The molecule has 0 saturated carbocycles. The van der Waals surface area contributed by atoms with E-state index in [1.165, 1.54) is 0 Å². The van der Waals surface area contributed by atoms with Crippen LogP contribution < -0.4 is 11.1 Å². The zero-order valence-electron chi connectivity index (χ0n) is 10.8. The third kappa shape index (κ3) is 5.89. The molecule has 0 amide bonds. The van der Waals surface area contributed by atoms with Gasteiger partial charge in [0, 0.05) is 24.7 Å². The van der Waals surface area contributed by atoms with Gasteiger partial charge < -0.3 is 15.8 Å². The average molecular weight is 270 g/mol. The van der Waals surface area contributed by atoms with Gasteiger partial charge in [-0.3, -0.25) is 4.99 Å². The van der Waals surface area contributed by atoms with Crippen LogP contribution in [0.25, 0.3) is 0 Å². The molecule has 0 aliphatic rings. The van der Waals surface area contributed by atoms with Crippen molar-refractivity contribution in [2.75, 3.05) is 20.3 Å². The fourth-order valence-electron chi connectivity index (χ4n) is 1.59. The maximum Gasteiger partial charge on any atom is 0.188 e. The molecule has 0 fully saturated rings. The fourth-order valence-corrected chi connectivity index (χ4v) is 1.80. The first-order valence-electron chi connectivity index (χ1n) is 5.91. The molecule has 0 aliphatic heterocycles. The largest absolute Gasteiger partial charge is 0.383 e. The van der Waals surface area contributed by atoms with E-state index < -0.39 is 0 Å². The number of benzene rings is 1. The SMILES string of the molecule is COCC(C)NC(N)=NCCc1cccc(Cl)c1. The standard InChI is InChI=1S/C13H20ClN3O/c1-10(9-18-2)17-13(15)16-7-6-11-4-3-5-12(14)8-11/h3-5,8,10H,6-7,9H2,1-2H3,(H3,15,16,17). The molecule has 100 valence electrons. The number of rotatable bonds is 6. The Morgan fingerprint density at radius 1 is 1.56 bits per heavy atom. The van der Waals surface area contributed by atoms with Crippen LogP contribution in [0.5, 0.6) is 0 Å². The van der Waals surface area contributed by atoms with Gasteiger partial charge in [0.25, 0.3) is 0 Å². The molecule has 0 radical (unpaired) electrons. The Hall–Kier alpha value is -1.26. The van der Waals surface area contributed by atoms with Gasteiger partial charge in [-0.05, 0) is 31.0 Å². The second kappa shape index (κ2) is 7.95. The summed E-state index contributed by atoms with van der Waals surface area (Å²) in [6, 6.07) is 7.91. The summed E-state index contributed by atoms with van der Waals surface area (Å²) in [7, 11) is 1.66. The van der Waals surface area contributed by atoms with Gasteiger partial charge in [-0.1, -0.05) is 23.7 Å². The Morgan fingerprint density at radius 3 is 3.00 bits per heavy atom. The van der Waals surface area contributed by atoms with Crippen LogP contribution >= 0.6 is 11.6 Å². The first-order chi connectivity index (χ1) is 8.61. The van der Waals surface area contributed by atoms with E-state index in [1.54, 1.807) is 7.11 Å². The number of ether oxygens (including phenoxy) is 1. The first-order valence-corrected chi connectivity index (χ1v) is 6.29. The lowest BCUT2D eigenvalue weighted by Crippen LogP contribution is -2.40. The highest BCUT2D eigenvalue weighted by Gasteiger charge is 2.01. The minimum atomic E-state index is 0.157.